The molecule has 0 unspecified atom stereocenters. The summed E-state index contributed by atoms with van der Waals surface area (Å²) >= 11 is 0. The van der Waals surface area contributed by atoms with Gasteiger partial charge in [0.25, 0.3) is 0 Å². The van der Waals surface area contributed by atoms with Crippen LogP contribution < -0.4 is 15.2 Å². The molecule has 1 atom stereocenters. The Morgan fingerprint density at radius 1 is 1.14 bits per heavy atom. The van der Waals surface area contributed by atoms with E-state index in [4.69, 9.17) is 15.2 Å². The Morgan fingerprint density at radius 3 is 2.57 bits per heavy atom. The van der Waals surface area contributed by atoms with Gasteiger partial charge in [0.1, 0.15) is 29.7 Å². The molecule has 0 saturated heterocycles. The van der Waals surface area contributed by atoms with Crippen molar-refractivity contribution in [2.24, 2.45) is 5.73 Å². The molecule has 0 heterocycles. The maximum atomic E-state index is 13.6. The lowest BCUT2D eigenvalue weighted by atomic mass is 10.1. The Labute approximate surface area is 122 Å². The molecule has 2 N–H and O–H groups in total. The third-order valence-electron chi connectivity index (χ3n) is 3.10. The van der Waals surface area contributed by atoms with Crippen molar-refractivity contribution >= 4 is 0 Å². The van der Waals surface area contributed by atoms with Gasteiger partial charge in [-0.25, -0.2) is 8.78 Å². The molecular weight excluding hydrogens is 276 g/mol. The van der Waals surface area contributed by atoms with E-state index >= 15 is 0 Å². The van der Waals surface area contributed by atoms with Crippen LogP contribution in [0.25, 0.3) is 0 Å². The van der Waals surface area contributed by atoms with E-state index in [-0.39, 0.29) is 18.2 Å². The van der Waals surface area contributed by atoms with Gasteiger partial charge in [-0.2, -0.15) is 0 Å². The number of methoxy groups -OCH3 is 1. The summed E-state index contributed by atoms with van der Waals surface area (Å²) in [7, 11) is 1.54. The van der Waals surface area contributed by atoms with Gasteiger partial charge in [0, 0.05) is 23.2 Å². The number of benzene rings is 2. The minimum Gasteiger partial charge on any atom is -0.497 e. The normalized spacial score (nSPS) is 12.0. The Kier molecular flexibility index (Phi) is 4.75. The van der Waals surface area contributed by atoms with Crippen molar-refractivity contribution in [1.82, 2.24) is 0 Å². The van der Waals surface area contributed by atoms with Gasteiger partial charge in [-0.1, -0.05) is 6.07 Å². The van der Waals surface area contributed by atoms with E-state index in [1.807, 2.05) is 6.92 Å². The lowest BCUT2D eigenvalue weighted by Gasteiger charge is -2.15. The first-order chi connectivity index (χ1) is 10.0. The molecule has 0 amide bonds. The Bertz CT molecular complexity index is 630. The van der Waals surface area contributed by atoms with Crippen LogP contribution in [0.4, 0.5) is 8.78 Å². The van der Waals surface area contributed by atoms with E-state index in [0.29, 0.717) is 11.5 Å². The summed E-state index contributed by atoms with van der Waals surface area (Å²) < 4.78 is 37.4. The molecule has 0 aliphatic rings. The molecule has 112 valence electrons. The standard InChI is InChI=1S/C16H17F2NO2/c1-10(19)14-5-4-13(20-2)8-16(14)21-9-11-7-12(17)3-6-15(11)18/h3-8,10H,9,19H2,1-2H3/t10-/m1/s1. The van der Waals surface area contributed by atoms with Gasteiger partial charge in [-0.3, -0.25) is 0 Å². The highest BCUT2D eigenvalue weighted by Gasteiger charge is 2.11. The molecule has 0 aliphatic carbocycles. The minimum absolute atomic E-state index is 0.0868. The predicted octanol–water partition coefficient (Wildman–Crippen LogP) is 3.57. The lowest BCUT2D eigenvalue weighted by molar-refractivity contribution is 0.292. The first-order valence-corrected chi connectivity index (χ1v) is 6.51. The van der Waals surface area contributed by atoms with Crippen molar-refractivity contribution in [3.05, 3.63) is 59.2 Å². The third-order valence-corrected chi connectivity index (χ3v) is 3.10. The van der Waals surface area contributed by atoms with E-state index < -0.39 is 11.6 Å². The maximum Gasteiger partial charge on any atom is 0.130 e. The summed E-state index contributed by atoms with van der Waals surface area (Å²) in [6, 6.07) is 8.25. The van der Waals surface area contributed by atoms with Crippen LogP contribution >= 0.6 is 0 Å². The van der Waals surface area contributed by atoms with Crippen LogP contribution in [0.3, 0.4) is 0 Å². The fourth-order valence-electron chi connectivity index (χ4n) is 1.95. The number of hydrogen-bond acceptors (Lipinski definition) is 3. The zero-order valence-corrected chi connectivity index (χ0v) is 11.9. The highest BCUT2D eigenvalue weighted by atomic mass is 19.1. The average Bonchev–Trinajstić information content (AvgIpc) is 2.47. The van der Waals surface area contributed by atoms with Gasteiger partial charge in [0.2, 0.25) is 0 Å². The molecule has 2 rings (SSSR count). The summed E-state index contributed by atoms with van der Waals surface area (Å²) in [5.74, 6) is 0.0804. The van der Waals surface area contributed by atoms with Gasteiger partial charge in [0.15, 0.2) is 0 Å². The fourth-order valence-corrected chi connectivity index (χ4v) is 1.95. The smallest absolute Gasteiger partial charge is 0.130 e. The van der Waals surface area contributed by atoms with Crippen molar-refractivity contribution in [3.8, 4) is 11.5 Å². The number of hydrogen-bond donors (Lipinski definition) is 1. The predicted molar refractivity (Wildman–Crippen MR) is 76.3 cm³/mol. The first-order valence-electron chi connectivity index (χ1n) is 6.51. The molecule has 0 aromatic heterocycles. The Morgan fingerprint density at radius 2 is 1.90 bits per heavy atom. The van der Waals surface area contributed by atoms with E-state index in [9.17, 15) is 8.78 Å². The average molecular weight is 293 g/mol. The second-order valence-electron chi connectivity index (χ2n) is 4.72. The minimum atomic E-state index is -0.512. The fraction of sp³-hybridized carbons (Fsp3) is 0.250. The number of nitrogens with two attached hydrogens (primary N) is 1. The molecule has 5 heteroatoms. The maximum absolute atomic E-state index is 13.6. The summed E-state index contributed by atoms with van der Waals surface area (Å²) in [4.78, 5) is 0. The van der Waals surface area contributed by atoms with Gasteiger partial charge in [-0.15, -0.1) is 0 Å². The van der Waals surface area contributed by atoms with Crippen molar-refractivity contribution in [1.29, 1.82) is 0 Å². The molecule has 0 bridgehead atoms. The van der Waals surface area contributed by atoms with Crippen LogP contribution in [-0.2, 0) is 6.61 Å². The van der Waals surface area contributed by atoms with Crippen LogP contribution in [-0.4, -0.2) is 7.11 Å². The van der Waals surface area contributed by atoms with E-state index in [0.717, 1.165) is 23.8 Å². The molecule has 3 nitrogen and oxygen atoms in total. The molecular formula is C16H17F2NO2. The Balaban J connectivity index is 2.24. The van der Waals surface area contributed by atoms with Crippen LogP contribution in [0.15, 0.2) is 36.4 Å². The molecule has 21 heavy (non-hydrogen) atoms. The van der Waals surface area contributed by atoms with Crippen LogP contribution in [0, 0.1) is 11.6 Å². The van der Waals surface area contributed by atoms with E-state index in [1.54, 1.807) is 18.2 Å². The third kappa shape index (κ3) is 3.70. The summed E-state index contributed by atoms with van der Waals surface area (Å²) in [5, 5.41) is 0. The molecule has 2 aromatic rings. The highest BCUT2D eigenvalue weighted by molar-refractivity contribution is 5.42. The largest absolute Gasteiger partial charge is 0.497 e. The highest BCUT2D eigenvalue weighted by Crippen LogP contribution is 2.29. The molecule has 0 fully saturated rings. The zero-order valence-electron chi connectivity index (χ0n) is 11.9. The van der Waals surface area contributed by atoms with Crippen molar-refractivity contribution in [2.45, 2.75) is 19.6 Å². The van der Waals surface area contributed by atoms with Crippen molar-refractivity contribution in [3.63, 3.8) is 0 Å². The lowest BCUT2D eigenvalue weighted by Crippen LogP contribution is -2.09. The monoisotopic (exact) mass is 293 g/mol. The van der Waals surface area contributed by atoms with Crippen molar-refractivity contribution in [2.75, 3.05) is 7.11 Å². The van der Waals surface area contributed by atoms with Gasteiger partial charge in [-0.05, 0) is 31.2 Å². The van der Waals surface area contributed by atoms with Crippen LogP contribution in [0.5, 0.6) is 11.5 Å². The summed E-state index contributed by atoms with van der Waals surface area (Å²) in [6.07, 6.45) is 0. The van der Waals surface area contributed by atoms with E-state index in [1.165, 1.54) is 7.11 Å². The van der Waals surface area contributed by atoms with Crippen molar-refractivity contribution < 1.29 is 18.3 Å². The molecule has 0 aliphatic heterocycles. The molecule has 0 spiro atoms. The number of halogens is 2. The topological polar surface area (TPSA) is 44.5 Å². The number of ether oxygens (including phenoxy) is 2. The molecule has 0 saturated carbocycles. The molecule has 2 aromatic carbocycles. The van der Waals surface area contributed by atoms with Gasteiger partial charge in [0.05, 0.1) is 7.11 Å². The van der Waals surface area contributed by atoms with Gasteiger partial charge < -0.3 is 15.2 Å². The van der Waals surface area contributed by atoms with Gasteiger partial charge >= 0.3 is 0 Å². The SMILES string of the molecule is COc1ccc([C@@H](C)N)c(OCc2cc(F)ccc2F)c1. The Hall–Kier alpha value is -2.14. The first kappa shape index (κ1) is 15.3. The number of rotatable bonds is 5. The zero-order chi connectivity index (χ0) is 15.4. The van der Waals surface area contributed by atoms with Crippen LogP contribution in [0.2, 0.25) is 0 Å². The summed E-state index contributed by atoms with van der Waals surface area (Å²) in [6.45, 7) is 1.73. The summed E-state index contributed by atoms with van der Waals surface area (Å²) in [5.41, 5.74) is 6.79. The van der Waals surface area contributed by atoms with E-state index in [2.05, 4.69) is 0 Å². The quantitative estimate of drug-likeness (QED) is 0.916. The second kappa shape index (κ2) is 6.54. The second-order valence-corrected chi connectivity index (χ2v) is 4.72. The molecule has 0 radical (unpaired) electrons. The van der Waals surface area contributed by atoms with Crippen LogP contribution in [0.1, 0.15) is 24.1 Å².